The number of carbonyl (C=O) groups is 1. The van der Waals surface area contributed by atoms with Crippen LogP contribution in [0.5, 0.6) is 5.75 Å². The molecule has 1 saturated heterocycles. The number of benzene rings is 2. The molecule has 2 aromatic rings. The number of thioether (sulfide) groups is 1. The molecule has 1 aliphatic rings. The van der Waals surface area contributed by atoms with Crippen LogP contribution in [0.3, 0.4) is 0 Å². The molecule has 3 rings (SSSR count). The van der Waals surface area contributed by atoms with E-state index in [0.29, 0.717) is 18.9 Å². The third-order valence-electron chi connectivity index (χ3n) is 5.65. The van der Waals surface area contributed by atoms with Crippen molar-refractivity contribution in [1.82, 2.24) is 4.90 Å². The summed E-state index contributed by atoms with van der Waals surface area (Å²) in [5, 5.41) is 0.609. The van der Waals surface area contributed by atoms with Gasteiger partial charge in [0.1, 0.15) is 5.75 Å². The molecule has 0 aromatic heterocycles. The van der Waals surface area contributed by atoms with E-state index in [-0.39, 0.29) is 11.2 Å². The molecular weight excluding hydrogens is 392 g/mol. The molecule has 0 spiro atoms. The number of aryl methyl sites for hydroxylation is 3. The van der Waals surface area contributed by atoms with Gasteiger partial charge in [0.2, 0.25) is 5.91 Å². The second kappa shape index (κ2) is 9.25. The van der Waals surface area contributed by atoms with Gasteiger partial charge in [0.25, 0.3) is 0 Å². The molecule has 1 aliphatic heterocycles. The van der Waals surface area contributed by atoms with Crippen molar-refractivity contribution in [3.8, 4) is 5.75 Å². The number of nitrogens with zero attached hydrogens (tertiary/aromatic N) is 2. The summed E-state index contributed by atoms with van der Waals surface area (Å²) >= 11 is 1.56. The van der Waals surface area contributed by atoms with E-state index in [2.05, 4.69) is 58.9 Å². The summed E-state index contributed by atoms with van der Waals surface area (Å²) in [7, 11) is 1.82. The molecule has 1 atom stereocenters. The van der Waals surface area contributed by atoms with Crippen molar-refractivity contribution in [3.05, 3.63) is 58.1 Å². The summed E-state index contributed by atoms with van der Waals surface area (Å²) in [6.45, 7) is 13.3. The van der Waals surface area contributed by atoms with Gasteiger partial charge in [-0.25, -0.2) is 4.99 Å². The van der Waals surface area contributed by atoms with Gasteiger partial charge in [0.15, 0.2) is 5.17 Å². The highest BCUT2D eigenvalue weighted by Gasteiger charge is 2.36. The third-order valence-corrected chi connectivity index (χ3v) is 6.88. The van der Waals surface area contributed by atoms with Gasteiger partial charge in [-0.1, -0.05) is 37.7 Å². The average molecular weight is 425 g/mol. The number of carbonyl (C=O) groups excluding carboxylic acids is 1. The van der Waals surface area contributed by atoms with Gasteiger partial charge in [-0.15, -0.1) is 0 Å². The smallest absolute Gasteiger partial charge is 0.242 e. The lowest BCUT2D eigenvalue weighted by Crippen LogP contribution is -2.29. The summed E-state index contributed by atoms with van der Waals surface area (Å²) in [5.74, 6) is 1.43. The maximum Gasteiger partial charge on any atom is 0.242 e. The number of aliphatic imine (C=N–C) groups is 1. The monoisotopic (exact) mass is 424 g/mol. The van der Waals surface area contributed by atoms with Crippen LogP contribution in [0.2, 0.25) is 0 Å². The zero-order valence-electron chi connectivity index (χ0n) is 19.1. The van der Waals surface area contributed by atoms with E-state index >= 15 is 0 Å². The molecule has 0 aliphatic carbocycles. The number of amides is 1. The van der Waals surface area contributed by atoms with Crippen molar-refractivity contribution in [2.24, 2.45) is 4.99 Å². The molecule has 2 aromatic carbocycles. The molecule has 1 heterocycles. The summed E-state index contributed by atoms with van der Waals surface area (Å²) < 4.78 is 5.84. The first-order chi connectivity index (χ1) is 14.2. The molecule has 0 radical (unpaired) electrons. The molecule has 1 fully saturated rings. The Morgan fingerprint density at radius 3 is 2.47 bits per heavy atom. The Morgan fingerprint density at radius 1 is 1.10 bits per heavy atom. The Morgan fingerprint density at radius 2 is 1.83 bits per heavy atom. The van der Waals surface area contributed by atoms with Gasteiger partial charge < -0.3 is 4.74 Å². The zero-order chi connectivity index (χ0) is 22.0. The van der Waals surface area contributed by atoms with Crippen LogP contribution >= 0.6 is 11.8 Å². The number of hydrogen-bond acceptors (Lipinski definition) is 4. The van der Waals surface area contributed by atoms with E-state index in [9.17, 15) is 4.79 Å². The maximum absolute atomic E-state index is 12.9. The van der Waals surface area contributed by atoms with Crippen molar-refractivity contribution >= 4 is 28.5 Å². The van der Waals surface area contributed by atoms with Crippen LogP contribution in [0.25, 0.3) is 0 Å². The summed E-state index contributed by atoms with van der Waals surface area (Å²) in [6.07, 6.45) is 0.692. The number of hydrogen-bond donors (Lipinski definition) is 0. The van der Waals surface area contributed by atoms with Crippen LogP contribution in [0.15, 0.2) is 35.3 Å². The number of rotatable bonds is 6. The average Bonchev–Trinajstić information content (AvgIpc) is 2.94. The molecule has 0 saturated carbocycles. The Bertz CT molecular complexity index is 981. The minimum absolute atomic E-state index is 0.113. The second-order valence-electron chi connectivity index (χ2n) is 8.28. The molecular formula is C25H32N2O2S. The first kappa shape index (κ1) is 22.4. The Kier molecular flexibility index (Phi) is 6.91. The predicted octanol–water partition coefficient (Wildman–Crippen LogP) is 5.94. The summed E-state index contributed by atoms with van der Waals surface area (Å²) in [5.41, 5.74) is 6.90. The molecule has 0 N–H and O–H groups in total. The van der Waals surface area contributed by atoms with Gasteiger partial charge in [-0.05, 0) is 86.1 Å². The predicted molar refractivity (Wildman–Crippen MR) is 127 cm³/mol. The van der Waals surface area contributed by atoms with Crippen LogP contribution in [0, 0.1) is 20.8 Å². The van der Waals surface area contributed by atoms with Crippen LogP contribution in [0.1, 0.15) is 54.5 Å². The lowest BCUT2D eigenvalue weighted by molar-refractivity contribution is -0.125. The quantitative estimate of drug-likeness (QED) is 0.576. The first-order valence-corrected chi connectivity index (χ1v) is 11.5. The highest BCUT2D eigenvalue weighted by molar-refractivity contribution is 8.15. The highest BCUT2D eigenvalue weighted by Crippen LogP contribution is 2.35. The highest BCUT2D eigenvalue weighted by atomic mass is 32.2. The van der Waals surface area contributed by atoms with Crippen LogP contribution in [-0.4, -0.2) is 34.9 Å². The first-order valence-electron chi connectivity index (χ1n) is 10.6. The summed E-state index contributed by atoms with van der Waals surface area (Å²) in [6, 6.07) is 10.5. The van der Waals surface area contributed by atoms with Crippen molar-refractivity contribution in [2.75, 3.05) is 13.7 Å². The van der Waals surface area contributed by atoms with E-state index in [1.54, 1.807) is 16.7 Å². The van der Waals surface area contributed by atoms with Gasteiger partial charge in [0.05, 0.1) is 17.5 Å². The van der Waals surface area contributed by atoms with Crippen LogP contribution in [0.4, 0.5) is 5.69 Å². The lowest BCUT2D eigenvalue weighted by atomic mass is 9.94. The topological polar surface area (TPSA) is 41.9 Å². The molecule has 1 amide bonds. The lowest BCUT2D eigenvalue weighted by Gasteiger charge is -2.18. The molecule has 160 valence electrons. The van der Waals surface area contributed by atoms with Gasteiger partial charge in [-0.2, -0.15) is 0 Å². The van der Waals surface area contributed by atoms with Gasteiger partial charge in [-0.3, -0.25) is 9.69 Å². The van der Waals surface area contributed by atoms with Gasteiger partial charge >= 0.3 is 0 Å². The minimum atomic E-state index is -0.156. The van der Waals surface area contributed by atoms with Crippen molar-refractivity contribution in [3.63, 3.8) is 0 Å². The fourth-order valence-electron chi connectivity index (χ4n) is 3.60. The second-order valence-corrected chi connectivity index (χ2v) is 9.44. The molecule has 4 nitrogen and oxygen atoms in total. The van der Waals surface area contributed by atoms with E-state index in [4.69, 9.17) is 9.73 Å². The molecule has 5 heteroatoms. The van der Waals surface area contributed by atoms with E-state index in [1.165, 1.54) is 27.8 Å². The van der Waals surface area contributed by atoms with Crippen molar-refractivity contribution < 1.29 is 9.53 Å². The number of amidine groups is 1. The van der Waals surface area contributed by atoms with Crippen molar-refractivity contribution in [1.29, 1.82) is 0 Å². The van der Waals surface area contributed by atoms with Crippen molar-refractivity contribution in [2.45, 2.75) is 59.1 Å². The minimum Gasteiger partial charge on any atom is -0.494 e. The molecule has 0 bridgehead atoms. The maximum atomic E-state index is 12.9. The van der Waals surface area contributed by atoms with E-state index in [1.807, 2.05) is 20.0 Å². The standard InChI is InChI=1S/C25H32N2O2S/c1-8-29-22-12-18(6)19(13-21(22)15(2)3)14-23-24(28)27(7)25(30-23)26-20-10-9-16(4)17(5)11-20/h9-13,15,23H,8,14H2,1-7H3/t23-/m0/s1. The SMILES string of the molecule is CCOc1cc(C)c(C[C@@H]2SC(=Nc3ccc(C)c(C)c3)N(C)C2=O)cc1C(C)C. The summed E-state index contributed by atoms with van der Waals surface area (Å²) in [4.78, 5) is 19.4. The third kappa shape index (κ3) is 4.72. The normalized spacial score (nSPS) is 18.0. The fraction of sp³-hybridized carbons (Fsp3) is 0.440. The van der Waals surface area contributed by atoms with Crippen LogP contribution in [-0.2, 0) is 11.2 Å². The molecule has 0 unspecified atom stereocenters. The van der Waals surface area contributed by atoms with Gasteiger partial charge in [0, 0.05) is 7.05 Å². The largest absolute Gasteiger partial charge is 0.494 e. The van der Waals surface area contributed by atoms with Crippen LogP contribution < -0.4 is 4.74 Å². The number of ether oxygens (including phenoxy) is 1. The fourth-order valence-corrected chi connectivity index (χ4v) is 4.78. The Balaban J connectivity index is 1.85. The molecule has 30 heavy (non-hydrogen) atoms. The van der Waals surface area contributed by atoms with E-state index < -0.39 is 0 Å². The Labute approximate surface area is 184 Å². The van der Waals surface area contributed by atoms with E-state index in [0.717, 1.165) is 16.6 Å². The zero-order valence-corrected chi connectivity index (χ0v) is 19.9. The Hall–Kier alpha value is -2.27.